The zero-order valence-electron chi connectivity index (χ0n) is 13.8. The van der Waals surface area contributed by atoms with Crippen LogP contribution in [0.2, 0.25) is 0 Å². The van der Waals surface area contributed by atoms with E-state index in [9.17, 15) is 4.79 Å². The molecule has 1 unspecified atom stereocenters. The molecule has 4 nitrogen and oxygen atoms in total. The van der Waals surface area contributed by atoms with Crippen LogP contribution in [-0.2, 0) is 0 Å². The van der Waals surface area contributed by atoms with Crippen LogP contribution in [0.4, 0.5) is 4.79 Å². The molecule has 0 aromatic carbocycles. The molecule has 3 N–H and O–H groups in total. The first-order chi connectivity index (χ1) is 10.1. The van der Waals surface area contributed by atoms with Gasteiger partial charge >= 0.3 is 6.03 Å². The van der Waals surface area contributed by atoms with Crippen molar-refractivity contribution in [3.05, 3.63) is 0 Å². The number of nitrogens with one attached hydrogen (secondary N) is 1. The highest BCUT2D eigenvalue weighted by Gasteiger charge is 2.33. The zero-order valence-corrected chi connectivity index (χ0v) is 13.8. The quantitative estimate of drug-likeness (QED) is 0.819. The Morgan fingerprint density at radius 1 is 1.24 bits per heavy atom. The number of likely N-dealkylation sites (tertiary alicyclic amines) is 1. The van der Waals surface area contributed by atoms with Gasteiger partial charge in [0.25, 0.3) is 0 Å². The van der Waals surface area contributed by atoms with Crippen molar-refractivity contribution < 1.29 is 4.79 Å². The van der Waals surface area contributed by atoms with Crippen molar-refractivity contribution in [1.29, 1.82) is 0 Å². The van der Waals surface area contributed by atoms with Gasteiger partial charge in [0.05, 0.1) is 0 Å². The number of rotatable bonds is 5. The predicted octanol–water partition coefficient (Wildman–Crippen LogP) is 2.97. The lowest BCUT2D eigenvalue weighted by atomic mass is 9.76. The first-order valence-electron chi connectivity index (χ1n) is 8.82. The molecule has 2 atom stereocenters. The third-order valence-corrected chi connectivity index (χ3v) is 5.61. The minimum Gasteiger partial charge on any atom is -0.351 e. The third kappa shape index (κ3) is 4.60. The molecule has 1 aliphatic heterocycles. The van der Waals surface area contributed by atoms with Gasteiger partial charge in [0.1, 0.15) is 0 Å². The number of carbonyl (C=O) groups is 1. The average Bonchev–Trinajstić information content (AvgIpc) is 2.49. The predicted molar refractivity (Wildman–Crippen MR) is 87.1 cm³/mol. The molecule has 0 bridgehead atoms. The lowest BCUT2D eigenvalue weighted by Crippen LogP contribution is -2.52. The number of nitrogens with zero attached hydrogens (tertiary/aromatic N) is 1. The minimum atomic E-state index is -0.224. The molecule has 1 aliphatic carbocycles. The molecule has 122 valence electrons. The highest BCUT2D eigenvalue weighted by Crippen LogP contribution is 2.35. The molecule has 21 heavy (non-hydrogen) atoms. The van der Waals surface area contributed by atoms with E-state index in [0.717, 1.165) is 37.8 Å². The van der Waals surface area contributed by atoms with Gasteiger partial charge in [-0.25, -0.2) is 4.79 Å². The summed E-state index contributed by atoms with van der Waals surface area (Å²) >= 11 is 0. The second-order valence-electron chi connectivity index (χ2n) is 7.27. The fraction of sp³-hybridized carbons (Fsp3) is 0.941. The van der Waals surface area contributed by atoms with Crippen LogP contribution in [0.15, 0.2) is 0 Å². The standard InChI is InChI=1S/C17H33N3O/c1-13-6-8-14(9-7-13)11-15(12-19-2)16-5-3-4-10-20(16)17(18)21/h13-16,19H,3-12H2,1-2H3,(H2,18,21)/t13?,14?,15-,16?/m0/s1. The molecular formula is C17H33N3O. The number of urea groups is 1. The van der Waals surface area contributed by atoms with Crippen LogP contribution in [0, 0.1) is 17.8 Å². The fourth-order valence-electron chi connectivity index (χ4n) is 4.35. The molecule has 0 aromatic rings. The van der Waals surface area contributed by atoms with Crippen molar-refractivity contribution in [3.63, 3.8) is 0 Å². The number of hydrogen-bond acceptors (Lipinski definition) is 2. The van der Waals surface area contributed by atoms with Crippen molar-refractivity contribution in [2.45, 2.75) is 64.3 Å². The monoisotopic (exact) mass is 295 g/mol. The van der Waals surface area contributed by atoms with Crippen molar-refractivity contribution in [2.75, 3.05) is 20.1 Å². The molecule has 4 heteroatoms. The molecule has 0 aromatic heterocycles. The van der Waals surface area contributed by atoms with Crippen LogP contribution >= 0.6 is 0 Å². The third-order valence-electron chi connectivity index (χ3n) is 5.61. The second-order valence-corrected chi connectivity index (χ2v) is 7.27. The van der Waals surface area contributed by atoms with Gasteiger partial charge in [-0.05, 0) is 57.0 Å². The Hall–Kier alpha value is -0.770. The molecule has 1 saturated heterocycles. The van der Waals surface area contributed by atoms with Crippen LogP contribution in [0.3, 0.4) is 0 Å². The summed E-state index contributed by atoms with van der Waals surface area (Å²) in [6.07, 6.45) is 10.2. The van der Waals surface area contributed by atoms with Crippen molar-refractivity contribution in [2.24, 2.45) is 23.5 Å². The summed E-state index contributed by atoms with van der Waals surface area (Å²) in [7, 11) is 2.02. The molecular weight excluding hydrogens is 262 g/mol. The van der Waals surface area contributed by atoms with Gasteiger partial charge in [-0.15, -0.1) is 0 Å². The topological polar surface area (TPSA) is 58.4 Å². The van der Waals surface area contributed by atoms with E-state index in [0.29, 0.717) is 12.0 Å². The van der Waals surface area contributed by atoms with Crippen LogP contribution in [0.5, 0.6) is 0 Å². The Morgan fingerprint density at radius 2 is 1.95 bits per heavy atom. The van der Waals surface area contributed by atoms with E-state index in [-0.39, 0.29) is 6.03 Å². The molecule has 0 spiro atoms. The Balaban J connectivity index is 1.97. The van der Waals surface area contributed by atoms with Gasteiger partial charge in [-0.2, -0.15) is 0 Å². The normalized spacial score (nSPS) is 31.9. The number of piperidine rings is 1. The van der Waals surface area contributed by atoms with Crippen LogP contribution in [-0.4, -0.2) is 37.1 Å². The summed E-state index contributed by atoms with van der Waals surface area (Å²) in [6.45, 7) is 4.22. The van der Waals surface area contributed by atoms with Crippen molar-refractivity contribution >= 4 is 6.03 Å². The summed E-state index contributed by atoms with van der Waals surface area (Å²) < 4.78 is 0. The Morgan fingerprint density at radius 3 is 2.57 bits per heavy atom. The van der Waals surface area contributed by atoms with Crippen LogP contribution in [0.25, 0.3) is 0 Å². The lowest BCUT2D eigenvalue weighted by molar-refractivity contribution is 0.106. The summed E-state index contributed by atoms with van der Waals surface area (Å²) in [4.78, 5) is 13.7. The maximum atomic E-state index is 11.7. The van der Waals surface area contributed by atoms with E-state index in [4.69, 9.17) is 5.73 Å². The Bertz CT molecular complexity index is 326. The van der Waals surface area contributed by atoms with E-state index in [1.807, 2.05) is 11.9 Å². The summed E-state index contributed by atoms with van der Waals surface area (Å²) in [5.41, 5.74) is 5.61. The molecule has 0 radical (unpaired) electrons. The van der Waals surface area contributed by atoms with Gasteiger partial charge < -0.3 is 16.0 Å². The number of carbonyl (C=O) groups excluding carboxylic acids is 1. The van der Waals surface area contributed by atoms with E-state index in [2.05, 4.69) is 12.2 Å². The van der Waals surface area contributed by atoms with Crippen LogP contribution in [0.1, 0.15) is 58.3 Å². The minimum absolute atomic E-state index is 0.224. The van der Waals surface area contributed by atoms with Gasteiger partial charge in [-0.3, -0.25) is 0 Å². The molecule has 2 amide bonds. The fourth-order valence-corrected chi connectivity index (χ4v) is 4.35. The summed E-state index contributed by atoms with van der Waals surface area (Å²) in [5.74, 6) is 2.30. The molecule has 1 saturated carbocycles. The smallest absolute Gasteiger partial charge is 0.315 e. The summed E-state index contributed by atoms with van der Waals surface area (Å²) in [5, 5.41) is 3.34. The molecule has 2 fully saturated rings. The van der Waals surface area contributed by atoms with Crippen molar-refractivity contribution in [1.82, 2.24) is 10.2 Å². The maximum Gasteiger partial charge on any atom is 0.315 e. The van der Waals surface area contributed by atoms with Crippen LogP contribution < -0.4 is 11.1 Å². The number of amides is 2. The Labute approximate surface area is 129 Å². The number of hydrogen-bond donors (Lipinski definition) is 2. The molecule has 2 aliphatic rings. The highest BCUT2D eigenvalue weighted by molar-refractivity contribution is 5.72. The van der Waals surface area contributed by atoms with E-state index >= 15 is 0 Å². The van der Waals surface area contributed by atoms with Crippen molar-refractivity contribution in [3.8, 4) is 0 Å². The van der Waals surface area contributed by atoms with Gasteiger partial charge in [-0.1, -0.05) is 32.6 Å². The number of primary amides is 1. The average molecular weight is 295 g/mol. The SMILES string of the molecule is CNC[C@H](CC1CCC(C)CC1)C1CCCCN1C(N)=O. The number of nitrogens with two attached hydrogens (primary N) is 1. The largest absolute Gasteiger partial charge is 0.351 e. The zero-order chi connectivity index (χ0) is 15.2. The molecule has 1 heterocycles. The van der Waals surface area contributed by atoms with E-state index in [1.165, 1.54) is 38.5 Å². The first kappa shape index (κ1) is 16.6. The van der Waals surface area contributed by atoms with Gasteiger partial charge in [0, 0.05) is 12.6 Å². The first-order valence-corrected chi connectivity index (χ1v) is 8.82. The Kier molecular flexibility index (Phi) is 6.34. The lowest BCUT2D eigenvalue weighted by Gasteiger charge is -2.41. The summed E-state index contributed by atoms with van der Waals surface area (Å²) in [6, 6.07) is 0.126. The van der Waals surface area contributed by atoms with Gasteiger partial charge in [0.2, 0.25) is 0 Å². The highest BCUT2D eigenvalue weighted by atomic mass is 16.2. The van der Waals surface area contributed by atoms with Gasteiger partial charge in [0.15, 0.2) is 0 Å². The second kappa shape index (κ2) is 8.02. The van der Waals surface area contributed by atoms with E-state index in [1.54, 1.807) is 0 Å². The molecule has 2 rings (SSSR count). The maximum absolute atomic E-state index is 11.7. The van der Waals surface area contributed by atoms with E-state index < -0.39 is 0 Å².